The van der Waals surface area contributed by atoms with Gasteiger partial charge in [0.1, 0.15) is 6.04 Å². The molecule has 0 radical (unpaired) electrons. The number of aryl methyl sites for hydroxylation is 1. The molecule has 1 aromatic rings. The number of carboxylic acids is 1. The molecule has 0 unspecified atom stereocenters. The molecule has 2 amide bonds. The molecule has 19 heavy (non-hydrogen) atoms. The summed E-state index contributed by atoms with van der Waals surface area (Å²) in [6.45, 7) is 1.93. The number of amides is 2. The molecule has 102 valence electrons. The van der Waals surface area contributed by atoms with Crippen LogP contribution < -0.4 is 5.32 Å². The Kier molecular flexibility index (Phi) is 3.71. The van der Waals surface area contributed by atoms with Gasteiger partial charge < -0.3 is 20.4 Å². The number of aliphatic carboxylic acids is 1. The highest BCUT2D eigenvalue weighted by Gasteiger charge is 2.38. The minimum Gasteiger partial charge on any atom is -0.480 e. The zero-order valence-corrected chi connectivity index (χ0v) is 10.5. The lowest BCUT2D eigenvalue weighted by Gasteiger charge is -2.21. The van der Waals surface area contributed by atoms with Crippen molar-refractivity contribution in [1.29, 1.82) is 0 Å². The fraction of sp³-hybridized carbons (Fsp3) is 0.385. The van der Waals surface area contributed by atoms with Crippen LogP contribution in [0.25, 0.3) is 0 Å². The van der Waals surface area contributed by atoms with Crippen LogP contribution in [0.2, 0.25) is 0 Å². The summed E-state index contributed by atoms with van der Waals surface area (Å²) in [7, 11) is 0. The van der Waals surface area contributed by atoms with Crippen molar-refractivity contribution in [1.82, 2.24) is 4.90 Å². The molecule has 0 aromatic heterocycles. The fourth-order valence-electron chi connectivity index (χ4n) is 2.19. The molecule has 0 aliphatic carbocycles. The Morgan fingerprint density at radius 3 is 2.79 bits per heavy atom. The highest BCUT2D eigenvalue weighted by atomic mass is 16.4. The molecule has 1 aromatic carbocycles. The van der Waals surface area contributed by atoms with E-state index < -0.39 is 24.1 Å². The minimum absolute atomic E-state index is 0.0363. The molecule has 2 rings (SSSR count). The van der Waals surface area contributed by atoms with Crippen LogP contribution in [0.3, 0.4) is 0 Å². The van der Waals surface area contributed by atoms with Crippen LogP contribution in [0.5, 0.6) is 0 Å². The number of benzene rings is 1. The van der Waals surface area contributed by atoms with Gasteiger partial charge in [0.15, 0.2) is 0 Å². The smallest absolute Gasteiger partial charge is 0.326 e. The second kappa shape index (κ2) is 5.27. The SMILES string of the molecule is Cc1cccc(NC(=O)N2C[C@@H](O)C[C@H]2C(=O)O)c1. The number of nitrogens with zero attached hydrogens (tertiary/aromatic N) is 1. The van der Waals surface area contributed by atoms with Crippen molar-refractivity contribution in [3.8, 4) is 0 Å². The first kappa shape index (κ1) is 13.4. The molecule has 0 bridgehead atoms. The number of anilines is 1. The summed E-state index contributed by atoms with van der Waals surface area (Å²) in [5.74, 6) is -1.10. The molecule has 2 atom stereocenters. The van der Waals surface area contributed by atoms with Gasteiger partial charge in [-0.05, 0) is 24.6 Å². The van der Waals surface area contributed by atoms with Gasteiger partial charge in [-0.1, -0.05) is 12.1 Å². The number of carboxylic acid groups (broad SMARTS) is 1. The third kappa shape index (κ3) is 3.03. The van der Waals surface area contributed by atoms with Crippen molar-refractivity contribution in [2.24, 2.45) is 0 Å². The number of aliphatic hydroxyl groups excluding tert-OH is 1. The van der Waals surface area contributed by atoms with Gasteiger partial charge in [0, 0.05) is 18.7 Å². The number of carbonyl (C=O) groups excluding carboxylic acids is 1. The molecule has 1 heterocycles. The van der Waals surface area contributed by atoms with E-state index in [4.69, 9.17) is 5.11 Å². The van der Waals surface area contributed by atoms with E-state index in [9.17, 15) is 14.7 Å². The van der Waals surface area contributed by atoms with E-state index >= 15 is 0 Å². The van der Waals surface area contributed by atoms with E-state index in [1.165, 1.54) is 0 Å². The standard InChI is InChI=1S/C13H16N2O4/c1-8-3-2-4-9(5-8)14-13(19)15-7-10(16)6-11(15)12(17)18/h2-5,10-11,16H,6-7H2,1H3,(H,14,19)(H,17,18)/t10-,11-/m0/s1. The number of aliphatic hydroxyl groups is 1. The van der Waals surface area contributed by atoms with E-state index in [2.05, 4.69) is 5.32 Å². The topological polar surface area (TPSA) is 89.9 Å². The van der Waals surface area contributed by atoms with E-state index in [1.807, 2.05) is 13.0 Å². The predicted octanol–water partition coefficient (Wildman–Crippen LogP) is 1.05. The number of urea groups is 1. The van der Waals surface area contributed by atoms with Crippen LogP contribution in [0.4, 0.5) is 10.5 Å². The van der Waals surface area contributed by atoms with Gasteiger partial charge in [-0.15, -0.1) is 0 Å². The lowest BCUT2D eigenvalue weighted by molar-refractivity contribution is -0.141. The van der Waals surface area contributed by atoms with Crippen LogP contribution in [-0.2, 0) is 4.79 Å². The van der Waals surface area contributed by atoms with Crippen LogP contribution in [0, 0.1) is 6.92 Å². The summed E-state index contributed by atoms with van der Waals surface area (Å²) in [6.07, 6.45) is -0.722. The van der Waals surface area contributed by atoms with Gasteiger partial charge >= 0.3 is 12.0 Å². The number of hydrogen-bond acceptors (Lipinski definition) is 3. The largest absolute Gasteiger partial charge is 0.480 e. The summed E-state index contributed by atoms with van der Waals surface area (Å²) in [5.41, 5.74) is 1.60. The quantitative estimate of drug-likeness (QED) is 0.744. The van der Waals surface area contributed by atoms with Gasteiger partial charge in [-0.25, -0.2) is 9.59 Å². The number of nitrogens with one attached hydrogen (secondary N) is 1. The Labute approximate surface area is 110 Å². The summed E-state index contributed by atoms with van der Waals surface area (Å²) in [4.78, 5) is 24.2. The van der Waals surface area contributed by atoms with E-state index in [0.717, 1.165) is 10.5 Å². The maximum Gasteiger partial charge on any atom is 0.326 e. The van der Waals surface area contributed by atoms with E-state index in [0.29, 0.717) is 5.69 Å². The number of carbonyl (C=O) groups is 2. The Morgan fingerprint density at radius 1 is 1.42 bits per heavy atom. The number of rotatable bonds is 2. The van der Waals surface area contributed by atoms with Crippen molar-refractivity contribution in [2.45, 2.75) is 25.5 Å². The molecule has 0 spiro atoms. The number of likely N-dealkylation sites (tertiary alicyclic amines) is 1. The summed E-state index contributed by atoms with van der Waals surface area (Å²) >= 11 is 0. The first-order chi connectivity index (χ1) is 8.97. The molecule has 3 N–H and O–H groups in total. The highest BCUT2D eigenvalue weighted by Crippen LogP contribution is 2.20. The first-order valence-corrected chi connectivity index (χ1v) is 6.02. The maximum atomic E-state index is 12.0. The van der Waals surface area contributed by atoms with Gasteiger partial charge in [0.25, 0.3) is 0 Å². The second-order valence-electron chi connectivity index (χ2n) is 4.70. The third-order valence-electron chi connectivity index (χ3n) is 3.09. The molecular weight excluding hydrogens is 248 g/mol. The lowest BCUT2D eigenvalue weighted by Crippen LogP contribution is -2.43. The molecule has 1 fully saturated rings. The van der Waals surface area contributed by atoms with Gasteiger partial charge in [-0.3, -0.25) is 0 Å². The van der Waals surface area contributed by atoms with E-state index in [1.54, 1.807) is 18.2 Å². The Bertz CT molecular complexity index is 503. The van der Waals surface area contributed by atoms with Crippen LogP contribution in [0.1, 0.15) is 12.0 Å². The third-order valence-corrected chi connectivity index (χ3v) is 3.09. The zero-order chi connectivity index (χ0) is 14.0. The molecule has 1 aliphatic heterocycles. The predicted molar refractivity (Wildman–Crippen MR) is 69.0 cm³/mol. The average molecular weight is 264 g/mol. The Hall–Kier alpha value is -2.08. The summed E-state index contributed by atoms with van der Waals surface area (Å²) < 4.78 is 0. The second-order valence-corrected chi connectivity index (χ2v) is 4.70. The van der Waals surface area contributed by atoms with Crippen LogP contribution in [-0.4, -0.2) is 45.8 Å². The van der Waals surface area contributed by atoms with Gasteiger partial charge in [0.05, 0.1) is 6.10 Å². The fourth-order valence-corrected chi connectivity index (χ4v) is 2.19. The minimum atomic E-state index is -1.10. The van der Waals surface area contributed by atoms with Crippen molar-refractivity contribution in [2.75, 3.05) is 11.9 Å². The monoisotopic (exact) mass is 264 g/mol. The van der Waals surface area contributed by atoms with Crippen molar-refractivity contribution < 1.29 is 19.8 Å². The molecule has 1 aliphatic rings. The zero-order valence-electron chi connectivity index (χ0n) is 10.5. The summed E-state index contributed by atoms with van der Waals surface area (Å²) in [6, 6.07) is 5.75. The normalized spacial score (nSPS) is 22.3. The molecule has 6 heteroatoms. The highest BCUT2D eigenvalue weighted by molar-refractivity contribution is 5.92. The van der Waals surface area contributed by atoms with Crippen LogP contribution >= 0.6 is 0 Å². The van der Waals surface area contributed by atoms with Crippen LogP contribution in [0.15, 0.2) is 24.3 Å². The van der Waals surface area contributed by atoms with Gasteiger partial charge in [0.2, 0.25) is 0 Å². The first-order valence-electron chi connectivity index (χ1n) is 6.02. The lowest BCUT2D eigenvalue weighted by atomic mass is 10.2. The molecule has 1 saturated heterocycles. The van der Waals surface area contributed by atoms with Gasteiger partial charge in [-0.2, -0.15) is 0 Å². The van der Waals surface area contributed by atoms with Crippen molar-refractivity contribution in [3.05, 3.63) is 29.8 Å². The average Bonchev–Trinajstić information content (AvgIpc) is 2.71. The maximum absolute atomic E-state index is 12.0. The number of hydrogen-bond donors (Lipinski definition) is 3. The molecule has 0 saturated carbocycles. The molecular formula is C13H16N2O4. The number of β-amino-alcohol motifs (C(OH)–C–C–N with tert-alkyl or cyclic N) is 1. The Balaban J connectivity index is 2.09. The van der Waals surface area contributed by atoms with Crippen molar-refractivity contribution in [3.63, 3.8) is 0 Å². The summed E-state index contributed by atoms with van der Waals surface area (Å²) in [5, 5.41) is 21.2. The molecule has 6 nitrogen and oxygen atoms in total. The van der Waals surface area contributed by atoms with E-state index in [-0.39, 0.29) is 13.0 Å². The van der Waals surface area contributed by atoms with Crippen molar-refractivity contribution >= 4 is 17.7 Å². The Morgan fingerprint density at radius 2 is 2.16 bits per heavy atom.